The van der Waals surface area contributed by atoms with Gasteiger partial charge < -0.3 is 15.0 Å². The molecule has 1 N–H and O–H groups in total. The molecule has 0 fully saturated rings. The average molecular weight is 375 g/mol. The first-order valence-corrected chi connectivity index (χ1v) is 8.82. The zero-order chi connectivity index (χ0) is 18.9. The average Bonchev–Trinajstić information content (AvgIpc) is 2.64. The van der Waals surface area contributed by atoms with E-state index in [4.69, 9.17) is 16.3 Å². The largest absolute Gasteiger partial charge is 0.493 e. The third kappa shape index (κ3) is 5.77. The molecule has 2 rings (SSSR count). The second kappa shape index (κ2) is 9.82. The van der Waals surface area contributed by atoms with Gasteiger partial charge in [-0.05, 0) is 37.1 Å². The second-order valence-electron chi connectivity index (χ2n) is 5.95. The molecule has 6 heteroatoms. The SMILES string of the molecule is Cc1ccccc1OCCCN(C)C(=O)CNC(=O)c1ccccc1Cl. The van der Waals surface area contributed by atoms with Crippen LogP contribution in [0, 0.1) is 6.92 Å². The maximum absolute atomic E-state index is 12.1. The molecule has 138 valence electrons. The van der Waals surface area contributed by atoms with E-state index < -0.39 is 0 Å². The molecular formula is C20H23ClN2O3. The zero-order valence-corrected chi connectivity index (χ0v) is 15.8. The number of rotatable bonds is 8. The van der Waals surface area contributed by atoms with E-state index in [-0.39, 0.29) is 18.4 Å². The number of amides is 2. The molecule has 0 aliphatic carbocycles. The molecule has 26 heavy (non-hydrogen) atoms. The second-order valence-corrected chi connectivity index (χ2v) is 6.35. The van der Waals surface area contributed by atoms with Crippen molar-refractivity contribution in [3.63, 3.8) is 0 Å². The number of likely N-dealkylation sites (N-methyl/N-ethyl adjacent to an activating group) is 1. The highest BCUT2D eigenvalue weighted by atomic mass is 35.5. The minimum atomic E-state index is -0.361. The summed E-state index contributed by atoms with van der Waals surface area (Å²) in [4.78, 5) is 25.8. The van der Waals surface area contributed by atoms with Gasteiger partial charge in [0.05, 0.1) is 23.7 Å². The van der Waals surface area contributed by atoms with Gasteiger partial charge >= 0.3 is 0 Å². The van der Waals surface area contributed by atoms with E-state index in [1.807, 2.05) is 31.2 Å². The van der Waals surface area contributed by atoms with Gasteiger partial charge in [-0.1, -0.05) is 41.9 Å². The summed E-state index contributed by atoms with van der Waals surface area (Å²) in [6, 6.07) is 14.5. The Morgan fingerprint density at radius 2 is 1.81 bits per heavy atom. The number of carbonyl (C=O) groups is 2. The topological polar surface area (TPSA) is 58.6 Å². The maximum Gasteiger partial charge on any atom is 0.253 e. The van der Waals surface area contributed by atoms with Crippen molar-refractivity contribution in [2.24, 2.45) is 0 Å². The Hall–Kier alpha value is -2.53. The first-order chi connectivity index (χ1) is 12.5. The molecule has 2 aromatic rings. The van der Waals surface area contributed by atoms with Gasteiger partial charge in [0.1, 0.15) is 5.75 Å². The van der Waals surface area contributed by atoms with Crippen LogP contribution in [-0.2, 0) is 4.79 Å². The smallest absolute Gasteiger partial charge is 0.253 e. The quantitative estimate of drug-likeness (QED) is 0.721. The molecule has 0 saturated carbocycles. The van der Waals surface area contributed by atoms with E-state index in [0.29, 0.717) is 30.2 Å². The minimum absolute atomic E-state index is 0.0702. The summed E-state index contributed by atoms with van der Waals surface area (Å²) in [5, 5.41) is 2.96. The van der Waals surface area contributed by atoms with Gasteiger partial charge in [0, 0.05) is 13.6 Å². The van der Waals surface area contributed by atoms with E-state index in [2.05, 4.69) is 5.32 Å². The highest BCUT2D eigenvalue weighted by molar-refractivity contribution is 6.33. The van der Waals surface area contributed by atoms with Crippen molar-refractivity contribution in [1.29, 1.82) is 0 Å². The van der Waals surface area contributed by atoms with Gasteiger partial charge in [-0.2, -0.15) is 0 Å². The van der Waals surface area contributed by atoms with Crippen LogP contribution in [0.3, 0.4) is 0 Å². The van der Waals surface area contributed by atoms with Gasteiger partial charge in [-0.25, -0.2) is 0 Å². The fourth-order valence-electron chi connectivity index (χ4n) is 2.36. The van der Waals surface area contributed by atoms with Crippen LogP contribution in [0.1, 0.15) is 22.3 Å². The lowest BCUT2D eigenvalue weighted by Crippen LogP contribution is -2.38. The number of benzene rings is 2. The van der Waals surface area contributed by atoms with Crippen LogP contribution in [0.4, 0.5) is 0 Å². The van der Waals surface area contributed by atoms with Gasteiger partial charge in [0.15, 0.2) is 0 Å². The number of halogens is 1. The number of hydrogen-bond acceptors (Lipinski definition) is 3. The van der Waals surface area contributed by atoms with Crippen molar-refractivity contribution in [2.75, 3.05) is 26.7 Å². The van der Waals surface area contributed by atoms with Crippen molar-refractivity contribution in [2.45, 2.75) is 13.3 Å². The fraction of sp³-hybridized carbons (Fsp3) is 0.300. The first kappa shape index (κ1) is 19.8. The zero-order valence-electron chi connectivity index (χ0n) is 15.0. The summed E-state index contributed by atoms with van der Waals surface area (Å²) in [5.74, 6) is 0.329. The number of nitrogens with zero attached hydrogens (tertiary/aromatic N) is 1. The molecule has 0 aliphatic rings. The lowest BCUT2D eigenvalue weighted by molar-refractivity contribution is -0.128. The number of nitrogens with one attached hydrogen (secondary N) is 1. The monoisotopic (exact) mass is 374 g/mol. The van der Waals surface area contributed by atoms with Crippen molar-refractivity contribution in [3.8, 4) is 5.75 Å². The third-order valence-corrected chi connectivity index (χ3v) is 4.26. The number of aryl methyl sites for hydroxylation is 1. The summed E-state index contributed by atoms with van der Waals surface area (Å²) < 4.78 is 5.71. The molecular weight excluding hydrogens is 352 g/mol. The van der Waals surface area contributed by atoms with Gasteiger partial charge in [0.2, 0.25) is 5.91 Å². The molecule has 0 heterocycles. The Balaban J connectivity index is 1.70. The molecule has 0 aliphatic heterocycles. The normalized spacial score (nSPS) is 10.3. The fourth-order valence-corrected chi connectivity index (χ4v) is 2.58. The Kier molecular flexibility index (Phi) is 7.48. The number of ether oxygens (including phenoxy) is 1. The summed E-state index contributed by atoms with van der Waals surface area (Å²) in [5.41, 5.74) is 1.44. The third-order valence-electron chi connectivity index (χ3n) is 3.93. The van der Waals surface area contributed by atoms with Gasteiger partial charge in [-0.15, -0.1) is 0 Å². The van der Waals surface area contributed by atoms with E-state index >= 15 is 0 Å². The molecule has 0 unspecified atom stereocenters. The molecule has 2 aromatic carbocycles. The Morgan fingerprint density at radius 3 is 2.54 bits per heavy atom. The van der Waals surface area contributed by atoms with Crippen LogP contribution in [-0.4, -0.2) is 43.5 Å². The Morgan fingerprint density at radius 1 is 1.12 bits per heavy atom. The lowest BCUT2D eigenvalue weighted by Gasteiger charge is -2.18. The lowest BCUT2D eigenvalue weighted by atomic mass is 10.2. The van der Waals surface area contributed by atoms with E-state index in [0.717, 1.165) is 11.3 Å². The van der Waals surface area contributed by atoms with Crippen LogP contribution < -0.4 is 10.1 Å². The molecule has 0 saturated heterocycles. The Labute approximate surface area is 158 Å². The van der Waals surface area contributed by atoms with Crippen molar-refractivity contribution >= 4 is 23.4 Å². The van der Waals surface area contributed by atoms with Crippen LogP contribution >= 0.6 is 11.6 Å². The first-order valence-electron chi connectivity index (χ1n) is 8.44. The van der Waals surface area contributed by atoms with E-state index in [1.165, 1.54) is 0 Å². The minimum Gasteiger partial charge on any atom is -0.493 e. The molecule has 5 nitrogen and oxygen atoms in total. The molecule has 0 atom stereocenters. The predicted octanol–water partition coefficient (Wildman–Crippen LogP) is 3.31. The standard InChI is InChI=1S/C20H23ClN2O3/c1-15-8-3-6-11-18(15)26-13-7-12-23(2)19(24)14-22-20(25)16-9-4-5-10-17(16)21/h3-6,8-11H,7,12-14H2,1-2H3,(H,22,25). The highest BCUT2D eigenvalue weighted by Crippen LogP contribution is 2.16. The van der Waals surface area contributed by atoms with Crippen LogP contribution in [0.5, 0.6) is 5.75 Å². The van der Waals surface area contributed by atoms with Gasteiger partial charge in [0.25, 0.3) is 5.91 Å². The van der Waals surface area contributed by atoms with E-state index in [1.54, 1.807) is 36.2 Å². The predicted molar refractivity (Wildman–Crippen MR) is 103 cm³/mol. The molecule has 0 aromatic heterocycles. The molecule has 0 spiro atoms. The van der Waals surface area contributed by atoms with Crippen molar-refractivity contribution in [1.82, 2.24) is 10.2 Å². The van der Waals surface area contributed by atoms with Gasteiger partial charge in [-0.3, -0.25) is 9.59 Å². The summed E-state index contributed by atoms with van der Waals surface area (Å²) >= 11 is 5.97. The van der Waals surface area contributed by atoms with Crippen LogP contribution in [0.2, 0.25) is 5.02 Å². The molecule has 0 bridgehead atoms. The summed E-state index contributed by atoms with van der Waals surface area (Å²) in [7, 11) is 1.71. The Bertz CT molecular complexity index is 764. The van der Waals surface area contributed by atoms with E-state index in [9.17, 15) is 9.59 Å². The molecule has 2 amide bonds. The summed E-state index contributed by atoms with van der Waals surface area (Å²) in [6.07, 6.45) is 0.703. The van der Waals surface area contributed by atoms with Crippen LogP contribution in [0.15, 0.2) is 48.5 Å². The van der Waals surface area contributed by atoms with Crippen molar-refractivity contribution in [3.05, 3.63) is 64.7 Å². The number of carbonyl (C=O) groups excluding carboxylic acids is 2. The van der Waals surface area contributed by atoms with Crippen molar-refractivity contribution < 1.29 is 14.3 Å². The number of para-hydroxylation sites is 1. The van der Waals surface area contributed by atoms with Crippen LogP contribution in [0.25, 0.3) is 0 Å². The summed E-state index contributed by atoms with van der Waals surface area (Å²) in [6.45, 7) is 2.99. The highest BCUT2D eigenvalue weighted by Gasteiger charge is 2.13. The molecule has 0 radical (unpaired) electrons. The maximum atomic E-state index is 12.1. The number of hydrogen-bond donors (Lipinski definition) is 1.